The number of halogens is 1. The van der Waals surface area contributed by atoms with Crippen LogP contribution < -0.4 is 10.9 Å². The van der Waals surface area contributed by atoms with E-state index in [1.54, 1.807) is 15.9 Å². The molecule has 5 nitrogen and oxygen atoms in total. The SMILES string of the molecule is CC(C)c1ccc(NC(=O)CSc2nc3sc4c(c3c(=O)n2-c2ccc(Br)cc2)CCCC4)cc1. The number of fused-ring (bicyclic) bond motifs is 3. The number of aryl methyl sites for hydroxylation is 2. The number of thiophene rings is 1. The molecule has 180 valence electrons. The number of nitrogens with one attached hydrogen (secondary N) is 1. The molecule has 0 atom stereocenters. The first-order valence-electron chi connectivity index (χ1n) is 11.8. The van der Waals surface area contributed by atoms with Crippen molar-refractivity contribution in [3.63, 3.8) is 0 Å². The Labute approximate surface area is 221 Å². The molecule has 2 aromatic carbocycles. The van der Waals surface area contributed by atoms with Gasteiger partial charge in [0.25, 0.3) is 5.56 Å². The van der Waals surface area contributed by atoms with Gasteiger partial charge in [-0.25, -0.2) is 4.98 Å². The fraction of sp³-hybridized carbons (Fsp3) is 0.296. The summed E-state index contributed by atoms with van der Waals surface area (Å²) in [5, 5.41) is 4.24. The predicted molar refractivity (Wildman–Crippen MR) is 149 cm³/mol. The van der Waals surface area contributed by atoms with Crippen molar-refractivity contribution in [2.75, 3.05) is 11.1 Å². The molecule has 1 aliphatic rings. The minimum atomic E-state index is -0.130. The largest absolute Gasteiger partial charge is 0.325 e. The highest BCUT2D eigenvalue weighted by Crippen LogP contribution is 2.35. The minimum Gasteiger partial charge on any atom is -0.325 e. The Morgan fingerprint density at radius 3 is 2.54 bits per heavy atom. The van der Waals surface area contributed by atoms with Crippen LogP contribution in [0, 0.1) is 0 Å². The van der Waals surface area contributed by atoms with Gasteiger partial charge < -0.3 is 5.32 Å². The van der Waals surface area contributed by atoms with E-state index in [0.29, 0.717) is 11.1 Å². The second kappa shape index (κ2) is 10.3. The number of aromatic nitrogens is 2. The molecule has 0 unspecified atom stereocenters. The highest BCUT2D eigenvalue weighted by molar-refractivity contribution is 9.10. The van der Waals surface area contributed by atoms with E-state index < -0.39 is 0 Å². The van der Waals surface area contributed by atoms with Crippen molar-refractivity contribution in [2.45, 2.75) is 50.6 Å². The Kier molecular flexibility index (Phi) is 7.14. The molecule has 0 fully saturated rings. The molecule has 0 saturated carbocycles. The molecule has 2 aromatic heterocycles. The first-order valence-corrected chi connectivity index (χ1v) is 14.4. The van der Waals surface area contributed by atoms with Crippen molar-refractivity contribution in [3.8, 4) is 5.69 Å². The number of carbonyl (C=O) groups excluding carboxylic acids is 1. The summed E-state index contributed by atoms with van der Waals surface area (Å²) >= 11 is 6.39. The fourth-order valence-electron chi connectivity index (χ4n) is 4.38. The Bertz CT molecular complexity index is 1440. The highest BCUT2D eigenvalue weighted by atomic mass is 79.9. The average molecular weight is 569 g/mol. The second-order valence-corrected chi connectivity index (χ2v) is 12.0. The molecule has 1 aliphatic carbocycles. The summed E-state index contributed by atoms with van der Waals surface area (Å²) in [5.41, 5.74) is 3.85. The second-order valence-electron chi connectivity index (χ2n) is 9.02. The van der Waals surface area contributed by atoms with Crippen molar-refractivity contribution in [1.82, 2.24) is 9.55 Å². The quantitative estimate of drug-likeness (QED) is 0.202. The summed E-state index contributed by atoms with van der Waals surface area (Å²) < 4.78 is 2.60. The summed E-state index contributed by atoms with van der Waals surface area (Å²) in [5.74, 6) is 0.468. The highest BCUT2D eigenvalue weighted by Gasteiger charge is 2.23. The van der Waals surface area contributed by atoms with Gasteiger partial charge in [-0.1, -0.05) is 53.7 Å². The van der Waals surface area contributed by atoms with E-state index in [4.69, 9.17) is 4.98 Å². The van der Waals surface area contributed by atoms with Crippen LogP contribution in [0.4, 0.5) is 5.69 Å². The van der Waals surface area contributed by atoms with E-state index in [1.165, 1.54) is 27.8 Å². The van der Waals surface area contributed by atoms with E-state index in [9.17, 15) is 9.59 Å². The van der Waals surface area contributed by atoms with E-state index in [2.05, 4.69) is 35.1 Å². The van der Waals surface area contributed by atoms with E-state index in [-0.39, 0.29) is 17.2 Å². The van der Waals surface area contributed by atoms with Gasteiger partial charge in [-0.3, -0.25) is 14.2 Å². The van der Waals surface area contributed by atoms with Crippen LogP contribution in [-0.2, 0) is 17.6 Å². The summed E-state index contributed by atoms with van der Waals surface area (Å²) in [4.78, 5) is 33.5. The summed E-state index contributed by atoms with van der Waals surface area (Å²) in [7, 11) is 0. The van der Waals surface area contributed by atoms with Gasteiger partial charge in [0, 0.05) is 15.0 Å². The smallest absolute Gasteiger partial charge is 0.267 e. The molecule has 1 N–H and O–H groups in total. The molecule has 4 aromatic rings. The maximum Gasteiger partial charge on any atom is 0.267 e. The van der Waals surface area contributed by atoms with Crippen LogP contribution in [0.25, 0.3) is 15.9 Å². The molecule has 0 bridgehead atoms. The number of hydrogen-bond donors (Lipinski definition) is 1. The van der Waals surface area contributed by atoms with Gasteiger partial charge in [0.1, 0.15) is 4.83 Å². The van der Waals surface area contributed by atoms with Crippen LogP contribution in [-0.4, -0.2) is 21.2 Å². The lowest BCUT2D eigenvalue weighted by molar-refractivity contribution is -0.113. The molecule has 0 spiro atoms. The zero-order valence-corrected chi connectivity index (χ0v) is 22.9. The summed E-state index contributed by atoms with van der Waals surface area (Å²) in [6, 6.07) is 15.6. The molecule has 1 amide bonds. The summed E-state index contributed by atoms with van der Waals surface area (Å²) in [6.45, 7) is 4.28. The Morgan fingerprint density at radius 2 is 1.83 bits per heavy atom. The Balaban J connectivity index is 1.46. The number of hydrogen-bond acceptors (Lipinski definition) is 5. The van der Waals surface area contributed by atoms with Crippen LogP contribution in [0.15, 0.2) is 63.0 Å². The molecular formula is C27H26BrN3O2S2. The minimum absolute atomic E-state index is 0.0519. The monoisotopic (exact) mass is 567 g/mol. The molecule has 0 aliphatic heterocycles. The van der Waals surface area contributed by atoms with Gasteiger partial charge in [0.05, 0.1) is 16.8 Å². The van der Waals surface area contributed by atoms with Crippen LogP contribution in [0.5, 0.6) is 0 Å². The average Bonchev–Trinajstić information content (AvgIpc) is 3.22. The Morgan fingerprint density at radius 1 is 1.11 bits per heavy atom. The maximum absolute atomic E-state index is 13.8. The number of thioether (sulfide) groups is 1. The first kappa shape index (κ1) is 24.3. The molecule has 8 heteroatoms. The lowest BCUT2D eigenvalue weighted by Crippen LogP contribution is -2.23. The summed E-state index contributed by atoms with van der Waals surface area (Å²) in [6.07, 6.45) is 4.19. The van der Waals surface area contributed by atoms with Crippen molar-refractivity contribution in [3.05, 3.63) is 79.4 Å². The Hall–Kier alpha value is -2.42. The number of nitrogens with zero attached hydrogens (tertiary/aromatic N) is 2. The number of benzene rings is 2. The van der Waals surface area contributed by atoms with Gasteiger partial charge in [-0.05, 0) is 79.1 Å². The van der Waals surface area contributed by atoms with E-state index in [1.807, 2.05) is 48.5 Å². The third-order valence-corrected chi connectivity index (χ3v) is 8.89. The van der Waals surface area contributed by atoms with Gasteiger partial charge in [-0.15, -0.1) is 11.3 Å². The fourth-order valence-corrected chi connectivity index (χ4v) is 6.76. The molecular weight excluding hydrogens is 542 g/mol. The number of amides is 1. The van der Waals surface area contributed by atoms with Crippen molar-refractivity contribution in [2.24, 2.45) is 0 Å². The third kappa shape index (κ3) is 5.10. The third-order valence-electron chi connectivity index (χ3n) is 6.24. The van der Waals surface area contributed by atoms with Crippen LogP contribution >= 0.6 is 39.0 Å². The van der Waals surface area contributed by atoms with Crippen molar-refractivity contribution >= 4 is 60.8 Å². The van der Waals surface area contributed by atoms with Crippen molar-refractivity contribution < 1.29 is 4.79 Å². The van der Waals surface area contributed by atoms with E-state index in [0.717, 1.165) is 51.7 Å². The molecule has 0 saturated heterocycles. The van der Waals surface area contributed by atoms with Gasteiger partial charge in [0.15, 0.2) is 5.16 Å². The molecule has 2 heterocycles. The maximum atomic E-state index is 13.8. The molecule has 5 rings (SSSR count). The van der Waals surface area contributed by atoms with Gasteiger partial charge in [0.2, 0.25) is 5.91 Å². The molecule has 0 radical (unpaired) electrons. The zero-order valence-electron chi connectivity index (χ0n) is 19.6. The van der Waals surface area contributed by atoms with Crippen LogP contribution in [0.2, 0.25) is 0 Å². The lowest BCUT2D eigenvalue weighted by Gasteiger charge is -2.14. The topological polar surface area (TPSA) is 64.0 Å². The normalized spacial score (nSPS) is 13.3. The van der Waals surface area contributed by atoms with E-state index >= 15 is 0 Å². The molecule has 35 heavy (non-hydrogen) atoms. The zero-order chi connectivity index (χ0) is 24.5. The number of rotatable bonds is 6. The van der Waals surface area contributed by atoms with Crippen LogP contribution in [0.1, 0.15) is 48.6 Å². The van der Waals surface area contributed by atoms with Crippen molar-refractivity contribution in [1.29, 1.82) is 0 Å². The standard InChI is InChI=1S/C27H26BrN3O2S2/c1-16(2)17-7-11-19(12-8-17)29-23(32)15-34-27-30-25-24(21-5-3-4-6-22(21)35-25)26(33)31(27)20-13-9-18(28)10-14-20/h7-14,16H,3-6,15H2,1-2H3,(H,29,32). The first-order chi connectivity index (χ1) is 16.9. The van der Waals surface area contributed by atoms with Gasteiger partial charge >= 0.3 is 0 Å². The lowest BCUT2D eigenvalue weighted by atomic mass is 9.97. The van der Waals surface area contributed by atoms with Crippen LogP contribution in [0.3, 0.4) is 0 Å². The number of anilines is 1. The number of carbonyl (C=O) groups is 1. The van der Waals surface area contributed by atoms with Gasteiger partial charge in [-0.2, -0.15) is 0 Å². The predicted octanol–water partition coefficient (Wildman–Crippen LogP) is 6.94.